The van der Waals surface area contributed by atoms with E-state index in [0.717, 1.165) is 25.7 Å². The van der Waals surface area contributed by atoms with Crippen LogP contribution in [0, 0.1) is 0 Å². The minimum Gasteiger partial charge on any atom is -0.507 e. The second kappa shape index (κ2) is 8.73. The number of phenols is 1. The first kappa shape index (κ1) is 19.0. The number of aliphatic hydroxyl groups excluding tert-OH is 1. The van der Waals surface area contributed by atoms with Crippen molar-refractivity contribution in [3.63, 3.8) is 0 Å². The molecule has 0 radical (unpaired) electrons. The van der Waals surface area contributed by atoms with E-state index in [1.807, 2.05) is 29.1 Å². The van der Waals surface area contributed by atoms with Crippen LogP contribution in [0.4, 0.5) is 0 Å². The Morgan fingerprint density at radius 3 is 2.37 bits per heavy atom. The van der Waals surface area contributed by atoms with Gasteiger partial charge >= 0.3 is 0 Å². The lowest BCUT2D eigenvalue weighted by Crippen LogP contribution is -2.50. The van der Waals surface area contributed by atoms with E-state index in [1.165, 1.54) is 6.07 Å². The lowest BCUT2D eigenvalue weighted by atomic mass is 10.1. The van der Waals surface area contributed by atoms with Gasteiger partial charge in [0.1, 0.15) is 11.8 Å². The second-order valence-corrected chi connectivity index (χ2v) is 6.74. The van der Waals surface area contributed by atoms with E-state index in [1.54, 1.807) is 17.0 Å². The van der Waals surface area contributed by atoms with Crippen LogP contribution >= 0.6 is 0 Å². The molecule has 0 saturated carbocycles. The summed E-state index contributed by atoms with van der Waals surface area (Å²) in [6.07, 6.45) is 7.68. The molecule has 0 aliphatic carbocycles. The van der Waals surface area contributed by atoms with E-state index in [-0.39, 0.29) is 17.2 Å². The number of aromatic nitrogens is 1. The molecular formula is C20H25N3O4. The molecule has 27 heavy (non-hydrogen) atoms. The molecule has 7 nitrogen and oxygen atoms in total. The molecule has 1 aromatic carbocycles. The number of likely N-dealkylation sites (tertiary alicyclic amines) is 1. The summed E-state index contributed by atoms with van der Waals surface area (Å²) in [6, 6.07) is 7.37. The average Bonchev–Trinajstić information content (AvgIpc) is 3.08. The van der Waals surface area contributed by atoms with Crippen LogP contribution < -0.4 is 5.32 Å². The fourth-order valence-electron chi connectivity index (χ4n) is 3.31. The maximum atomic E-state index is 12.7. The number of phenolic OH excluding ortho intramolecular Hbond substituents is 1. The molecule has 1 fully saturated rings. The molecular weight excluding hydrogens is 346 g/mol. The van der Waals surface area contributed by atoms with Gasteiger partial charge in [-0.05, 0) is 43.2 Å². The van der Waals surface area contributed by atoms with Crippen molar-refractivity contribution in [3.05, 3.63) is 48.3 Å². The summed E-state index contributed by atoms with van der Waals surface area (Å²) in [7, 11) is 0. The van der Waals surface area contributed by atoms with Crippen molar-refractivity contribution in [1.29, 1.82) is 0 Å². The number of nitrogens with zero attached hydrogens (tertiary/aromatic N) is 2. The van der Waals surface area contributed by atoms with Crippen LogP contribution in [0.2, 0.25) is 0 Å². The van der Waals surface area contributed by atoms with Gasteiger partial charge < -0.3 is 25.0 Å². The van der Waals surface area contributed by atoms with Gasteiger partial charge in [-0.2, -0.15) is 0 Å². The van der Waals surface area contributed by atoms with Crippen molar-refractivity contribution in [1.82, 2.24) is 14.8 Å². The van der Waals surface area contributed by atoms with Crippen LogP contribution in [0.5, 0.6) is 5.75 Å². The van der Waals surface area contributed by atoms with Crippen LogP contribution in [0.3, 0.4) is 0 Å². The van der Waals surface area contributed by atoms with E-state index in [2.05, 4.69) is 5.32 Å². The Hall–Kier alpha value is -2.80. The smallest absolute Gasteiger partial charge is 0.255 e. The monoisotopic (exact) mass is 371 g/mol. The van der Waals surface area contributed by atoms with Crippen molar-refractivity contribution >= 4 is 11.8 Å². The number of benzene rings is 1. The number of carbonyl (C=O) groups is 2. The minimum atomic E-state index is -1.02. The van der Waals surface area contributed by atoms with Crippen LogP contribution in [0.1, 0.15) is 36.0 Å². The van der Waals surface area contributed by atoms with Crippen molar-refractivity contribution in [2.75, 3.05) is 19.7 Å². The average molecular weight is 371 g/mol. The first-order valence-corrected chi connectivity index (χ1v) is 9.27. The van der Waals surface area contributed by atoms with E-state index in [9.17, 15) is 19.8 Å². The normalized spacial score (nSPS) is 15.8. The third-order valence-corrected chi connectivity index (χ3v) is 4.83. The molecule has 1 atom stereocenters. The molecule has 0 bridgehead atoms. The van der Waals surface area contributed by atoms with Gasteiger partial charge in [0.05, 0.1) is 12.2 Å². The highest BCUT2D eigenvalue weighted by molar-refractivity contribution is 6.00. The van der Waals surface area contributed by atoms with Gasteiger partial charge in [-0.3, -0.25) is 9.59 Å². The van der Waals surface area contributed by atoms with Crippen molar-refractivity contribution in [2.45, 2.75) is 31.7 Å². The van der Waals surface area contributed by atoms with Crippen LogP contribution in [-0.2, 0) is 4.79 Å². The summed E-state index contributed by atoms with van der Waals surface area (Å²) in [4.78, 5) is 27.0. The minimum absolute atomic E-state index is 0.0586. The van der Waals surface area contributed by atoms with E-state index >= 15 is 0 Å². The summed E-state index contributed by atoms with van der Waals surface area (Å²) < 4.78 is 1.81. The number of rotatable bonds is 5. The van der Waals surface area contributed by atoms with Crippen LogP contribution in [-0.4, -0.2) is 57.2 Å². The quantitative estimate of drug-likeness (QED) is 0.745. The lowest BCUT2D eigenvalue weighted by Gasteiger charge is -2.25. The van der Waals surface area contributed by atoms with Crippen molar-refractivity contribution in [2.24, 2.45) is 0 Å². The van der Waals surface area contributed by atoms with E-state index in [4.69, 9.17) is 0 Å². The Morgan fingerprint density at radius 2 is 1.74 bits per heavy atom. The second-order valence-electron chi connectivity index (χ2n) is 6.74. The van der Waals surface area contributed by atoms with Gasteiger partial charge in [0.25, 0.3) is 5.91 Å². The summed E-state index contributed by atoms with van der Waals surface area (Å²) >= 11 is 0. The van der Waals surface area contributed by atoms with E-state index < -0.39 is 18.6 Å². The fraction of sp³-hybridized carbons (Fsp3) is 0.400. The summed E-state index contributed by atoms with van der Waals surface area (Å²) in [5.74, 6) is -1.06. The van der Waals surface area contributed by atoms with Gasteiger partial charge in [0, 0.05) is 31.2 Å². The Labute approximate surface area is 158 Å². The molecule has 1 aliphatic heterocycles. The molecule has 2 heterocycles. The molecule has 0 unspecified atom stereocenters. The summed E-state index contributed by atoms with van der Waals surface area (Å²) in [5, 5.41) is 22.3. The molecule has 1 aliphatic rings. The lowest BCUT2D eigenvalue weighted by molar-refractivity contribution is -0.134. The highest BCUT2D eigenvalue weighted by Gasteiger charge is 2.27. The molecule has 144 valence electrons. The third kappa shape index (κ3) is 4.49. The third-order valence-electron chi connectivity index (χ3n) is 4.83. The zero-order valence-corrected chi connectivity index (χ0v) is 15.2. The Balaban J connectivity index is 1.74. The molecule has 3 rings (SSSR count). The molecule has 2 aromatic rings. The highest BCUT2D eigenvalue weighted by Crippen LogP contribution is 2.21. The van der Waals surface area contributed by atoms with Crippen LogP contribution in [0.15, 0.2) is 42.7 Å². The predicted octanol–water partition coefficient (Wildman–Crippen LogP) is 1.68. The van der Waals surface area contributed by atoms with Crippen molar-refractivity contribution < 1.29 is 19.8 Å². The maximum Gasteiger partial charge on any atom is 0.255 e. The number of aromatic hydroxyl groups is 1. The number of hydrogen-bond acceptors (Lipinski definition) is 4. The van der Waals surface area contributed by atoms with E-state index in [0.29, 0.717) is 18.8 Å². The number of carbonyl (C=O) groups excluding carboxylic acids is 2. The van der Waals surface area contributed by atoms with Gasteiger partial charge in [0.15, 0.2) is 0 Å². The molecule has 2 amide bonds. The standard InChI is InChI=1S/C20H25N3O4/c24-14-17(20(27)23-11-3-1-2-4-12-23)21-19(26)16-13-15(7-8-18(16)25)22-9-5-6-10-22/h5-10,13,17,24-25H,1-4,11-12,14H2,(H,21,26)/t17-/m0/s1. The number of hydrogen-bond donors (Lipinski definition) is 3. The number of amides is 2. The molecule has 1 saturated heterocycles. The largest absolute Gasteiger partial charge is 0.507 e. The number of aliphatic hydroxyl groups is 1. The highest BCUT2D eigenvalue weighted by atomic mass is 16.3. The Bertz CT molecular complexity index is 781. The summed E-state index contributed by atoms with van der Waals surface area (Å²) in [5.41, 5.74) is 0.769. The van der Waals surface area contributed by atoms with Crippen molar-refractivity contribution in [3.8, 4) is 11.4 Å². The summed E-state index contributed by atoms with van der Waals surface area (Å²) in [6.45, 7) is 0.790. The number of nitrogens with one attached hydrogen (secondary N) is 1. The van der Waals surface area contributed by atoms with Gasteiger partial charge in [-0.15, -0.1) is 0 Å². The first-order valence-electron chi connectivity index (χ1n) is 9.27. The molecule has 3 N–H and O–H groups in total. The zero-order valence-electron chi connectivity index (χ0n) is 15.2. The topological polar surface area (TPSA) is 94.8 Å². The predicted molar refractivity (Wildman–Crippen MR) is 101 cm³/mol. The van der Waals surface area contributed by atoms with Gasteiger partial charge in [-0.1, -0.05) is 12.8 Å². The molecule has 7 heteroatoms. The Kier molecular flexibility index (Phi) is 6.13. The fourth-order valence-corrected chi connectivity index (χ4v) is 3.31. The molecule has 1 aromatic heterocycles. The Morgan fingerprint density at radius 1 is 1.07 bits per heavy atom. The van der Waals surface area contributed by atoms with Gasteiger partial charge in [-0.25, -0.2) is 0 Å². The zero-order chi connectivity index (χ0) is 19.2. The SMILES string of the molecule is O=C(N[C@@H](CO)C(=O)N1CCCCCC1)c1cc(-n2cccc2)ccc1O. The first-order chi connectivity index (χ1) is 13.1. The molecule has 0 spiro atoms. The van der Waals surface area contributed by atoms with Gasteiger partial charge in [0.2, 0.25) is 5.91 Å². The van der Waals surface area contributed by atoms with Crippen LogP contribution in [0.25, 0.3) is 5.69 Å². The maximum absolute atomic E-state index is 12.7.